The third kappa shape index (κ3) is 7.33. The zero-order valence-electron chi connectivity index (χ0n) is 12.1. The number of carboxylic acids is 1. The molecule has 1 aliphatic heterocycles. The molecule has 10 heteroatoms. The fourth-order valence-corrected chi connectivity index (χ4v) is 2.65. The van der Waals surface area contributed by atoms with Gasteiger partial charge in [-0.1, -0.05) is 11.8 Å². The van der Waals surface area contributed by atoms with E-state index in [9.17, 15) is 18.0 Å². The van der Waals surface area contributed by atoms with Gasteiger partial charge in [0.25, 0.3) is 0 Å². The molecule has 0 saturated carbocycles. The zero-order valence-corrected chi connectivity index (χ0v) is 12.9. The van der Waals surface area contributed by atoms with Crippen LogP contribution in [0.5, 0.6) is 0 Å². The molecule has 2 heterocycles. The highest BCUT2D eigenvalue weighted by molar-refractivity contribution is 8.14. The molecule has 2 N–H and O–H groups in total. The van der Waals surface area contributed by atoms with E-state index in [0.717, 1.165) is 19.5 Å². The van der Waals surface area contributed by atoms with Crippen LogP contribution in [0.2, 0.25) is 0 Å². The maximum atomic E-state index is 11.1. The van der Waals surface area contributed by atoms with Gasteiger partial charge in [0.15, 0.2) is 5.12 Å². The second-order valence-corrected chi connectivity index (χ2v) is 5.84. The lowest BCUT2D eigenvalue weighted by Gasteiger charge is -2.24. The van der Waals surface area contributed by atoms with E-state index in [1.165, 1.54) is 17.3 Å². The minimum atomic E-state index is -5.08. The van der Waals surface area contributed by atoms with Crippen LogP contribution in [0, 0.1) is 0 Å². The summed E-state index contributed by atoms with van der Waals surface area (Å²) in [6, 6.07) is 0. The maximum absolute atomic E-state index is 11.1. The molecule has 23 heavy (non-hydrogen) atoms. The Morgan fingerprint density at radius 2 is 2.17 bits per heavy atom. The minimum Gasteiger partial charge on any atom is -0.475 e. The van der Waals surface area contributed by atoms with Gasteiger partial charge in [-0.25, -0.2) is 9.78 Å². The van der Waals surface area contributed by atoms with Crippen molar-refractivity contribution in [2.24, 2.45) is 0 Å². The van der Waals surface area contributed by atoms with Crippen LogP contribution in [-0.2, 0) is 9.59 Å². The summed E-state index contributed by atoms with van der Waals surface area (Å²) in [7, 11) is 0. The summed E-state index contributed by atoms with van der Waals surface area (Å²) >= 11 is 1.39. The zero-order chi connectivity index (χ0) is 17.5. The third-order valence-electron chi connectivity index (χ3n) is 2.64. The van der Waals surface area contributed by atoms with Crippen LogP contribution >= 0.6 is 11.8 Å². The highest BCUT2D eigenvalue weighted by Gasteiger charge is 2.38. The molecule has 128 valence electrons. The van der Waals surface area contributed by atoms with Gasteiger partial charge in [-0.15, -0.1) is 0 Å². The van der Waals surface area contributed by atoms with Crippen LogP contribution in [0.25, 0.3) is 6.08 Å². The second kappa shape index (κ2) is 8.73. The smallest absolute Gasteiger partial charge is 0.475 e. The largest absolute Gasteiger partial charge is 0.490 e. The number of hydrogen-bond acceptors (Lipinski definition) is 6. The van der Waals surface area contributed by atoms with Crippen LogP contribution < -0.4 is 5.32 Å². The first-order valence-electron chi connectivity index (χ1n) is 6.48. The van der Waals surface area contributed by atoms with E-state index < -0.39 is 12.1 Å². The van der Waals surface area contributed by atoms with Crippen molar-refractivity contribution in [2.45, 2.75) is 24.8 Å². The van der Waals surface area contributed by atoms with Gasteiger partial charge in [0.1, 0.15) is 6.26 Å². The number of aromatic nitrogens is 1. The van der Waals surface area contributed by atoms with Gasteiger partial charge in [0.05, 0.1) is 6.20 Å². The summed E-state index contributed by atoms with van der Waals surface area (Å²) < 4.78 is 36.9. The van der Waals surface area contributed by atoms with Gasteiger partial charge in [0, 0.05) is 24.8 Å². The summed E-state index contributed by atoms with van der Waals surface area (Å²) in [4.78, 5) is 24.1. The van der Waals surface area contributed by atoms with Crippen molar-refractivity contribution < 1.29 is 32.3 Å². The van der Waals surface area contributed by atoms with Crippen LogP contribution in [0.3, 0.4) is 0 Å². The Morgan fingerprint density at radius 1 is 1.52 bits per heavy atom. The molecule has 1 aromatic rings. The van der Waals surface area contributed by atoms with Gasteiger partial charge in [0.2, 0.25) is 5.89 Å². The number of rotatable bonds is 2. The number of hydrogen-bond donors (Lipinski definition) is 2. The van der Waals surface area contributed by atoms with Crippen LogP contribution in [-0.4, -0.2) is 45.7 Å². The molecule has 1 aromatic heterocycles. The van der Waals surface area contributed by atoms with E-state index in [-0.39, 0.29) is 10.4 Å². The number of carbonyl (C=O) groups excluding carboxylic acids is 1. The number of halogens is 3. The first kappa shape index (κ1) is 19.2. The molecule has 1 fully saturated rings. The van der Waals surface area contributed by atoms with E-state index in [2.05, 4.69) is 10.3 Å². The number of carbonyl (C=O) groups is 2. The number of nitrogens with one attached hydrogen (secondary N) is 1. The molecule has 0 spiro atoms. The van der Waals surface area contributed by atoms with Crippen LogP contribution in [0.1, 0.15) is 19.2 Å². The average molecular weight is 352 g/mol. The number of nitrogens with zero attached hydrogens (tertiary/aromatic N) is 1. The normalized spacial score (nSPS) is 19.8. The van der Waals surface area contributed by atoms with E-state index in [0.29, 0.717) is 5.89 Å². The molecule has 1 aliphatic rings. The number of piperidine rings is 1. The summed E-state index contributed by atoms with van der Waals surface area (Å²) in [6.45, 7) is 3.36. The Balaban J connectivity index is 0.000000322. The summed E-state index contributed by atoms with van der Waals surface area (Å²) in [5.74, 6) is -2.15. The third-order valence-corrected chi connectivity index (χ3v) is 3.79. The lowest BCUT2D eigenvalue weighted by Crippen LogP contribution is -2.32. The summed E-state index contributed by atoms with van der Waals surface area (Å²) in [5.41, 5.74) is 1.17. The fourth-order valence-electron chi connectivity index (χ4n) is 1.71. The molecular weight excluding hydrogens is 337 g/mol. The van der Waals surface area contributed by atoms with Crippen molar-refractivity contribution in [1.29, 1.82) is 0 Å². The molecule has 0 aliphatic carbocycles. The predicted molar refractivity (Wildman–Crippen MR) is 77.7 cm³/mol. The molecule has 0 radical (unpaired) electrons. The van der Waals surface area contributed by atoms with E-state index in [1.54, 1.807) is 19.4 Å². The van der Waals surface area contributed by atoms with Crippen molar-refractivity contribution in [3.63, 3.8) is 0 Å². The lowest BCUT2D eigenvalue weighted by molar-refractivity contribution is -0.192. The number of oxazole rings is 1. The van der Waals surface area contributed by atoms with Crippen molar-refractivity contribution in [1.82, 2.24) is 10.3 Å². The van der Waals surface area contributed by atoms with Crippen LogP contribution in [0.15, 0.2) is 22.5 Å². The first-order chi connectivity index (χ1) is 10.7. The van der Waals surface area contributed by atoms with Crippen LogP contribution in [0.4, 0.5) is 13.2 Å². The predicted octanol–water partition coefficient (Wildman–Crippen LogP) is 2.33. The molecule has 1 saturated heterocycles. The van der Waals surface area contributed by atoms with E-state index in [4.69, 9.17) is 14.3 Å². The van der Waals surface area contributed by atoms with Gasteiger partial charge < -0.3 is 14.8 Å². The molecule has 1 atom stereocenters. The number of aliphatic carboxylic acids is 1. The molecule has 2 rings (SSSR count). The van der Waals surface area contributed by atoms with Gasteiger partial charge >= 0.3 is 12.1 Å². The number of carboxylic acid groups (broad SMARTS) is 1. The molecule has 0 bridgehead atoms. The molecule has 0 amide bonds. The maximum Gasteiger partial charge on any atom is 0.490 e. The highest BCUT2D eigenvalue weighted by atomic mass is 32.2. The summed E-state index contributed by atoms with van der Waals surface area (Å²) in [6.07, 6.45) is 0.981. The number of alkyl halides is 3. The molecule has 0 aromatic carbocycles. The topological polar surface area (TPSA) is 92.4 Å². The Labute approximate surface area is 134 Å². The van der Waals surface area contributed by atoms with Gasteiger partial charge in [-0.3, -0.25) is 4.79 Å². The first-order valence-corrected chi connectivity index (χ1v) is 7.36. The van der Waals surface area contributed by atoms with Crippen molar-refractivity contribution in [2.75, 3.05) is 13.1 Å². The van der Waals surface area contributed by atoms with Crippen molar-refractivity contribution in [3.05, 3.63) is 23.9 Å². The Hall–Kier alpha value is -1.81. The standard InChI is InChI=1S/C11H14N2O2S.C2HF3O2/c1-8(14)16-10-2-3-12-7-9(10)6-11-13-4-5-15-11;3-2(4,5)1(6)7/h4-6,10,12H,2-3,7H2,1H3;(H,6,7)/b9-6+;. The average Bonchev–Trinajstić information content (AvgIpc) is 2.93. The minimum absolute atomic E-state index is 0.158. The summed E-state index contributed by atoms with van der Waals surface area (Å²) in [5, 5.41) is 10.8. The molecule has 6 nitrogen and oxygen atoms in total. The SMILES string of the molecule is CC(=O)SC1CCNC/C1=C\c1ncco1.O=C(O)C(F)(F)F. The second-order valence-electron chi connectivity index (χ2n) is 4.46. The Morgan fingerprint density at radius 3 is 2.65 bits per heavy atom. The number of thioether (sulfide) groups is 1. The monoisotopic (exact) mass is 352 g/mol. The Bertz CT molecular complexity index is 558. The van der Waals surface area contributed by atoms with Crippen molar-refractivity contribution >= 4 is 28.9 Å². The lowest BCUT2D eigenvalue weighted by atomic mass is 10.1. The highest BCUT2D eigenvalue weighted by Crippen LogP contribution is 2.26. The molecular formula is C13H15F3N2O4S. The quantitative estimate of drug-likeness (QED) is 0.844. The van der Waals surface area contributed by atoms with Gasteiger partial charge in [-0.2, -0.15) is 13.2 Å². The van der Waals surface area contributed by atoms with E-state index in [1.807, 2.05) is 6.08 Å². The van der Waals surface area contributed by atoms with E-state index >= 15 is 0 Å². The molecule has 1 unspecified atom stereocenters. The fraction of sp³-hybridized carbons (Fsp3) is 0.462. The van der Waals surface area contributed by atoms with Crippen molar-refractivity contribution in [3.8, 4) is 0 Å². The van der Waals surface area contributed by atoms with Gasteiger partial charge in [-0.05, 0) is 18.5 Å². The Kier molecular flexibility index (Phi) is 7.30.